The number of methoxy groups -OCH3 is 1. The third-order valence-corrected chi connectivity index (χ3v) is 6.51. The van der Waals surface area contributed by atoms with Gasteiger partial charge in [0, 0.05) is 25.2 Å². The molecule has 1 aliphatic carbocycles. The van der Waals surface area contributed by atoms with E-state index in [0.29, 0.717) is 5.56 Å². The minimum atomic E-state index is -3.78. The first-order valence-corrected chi connectivity index (χ1v) is 10.8. The van der Waals surface area contributed by atoms with E-state index in [9.17, 15) is 18.0 Å². The molecule has 3 rings (SSSR count). The second kappa shape index (κ2) is 8.52. The maximum atomic E-state index is 12.8. The van der Waals surface area contributed by atoms with Crippen molar-refractivity contribution < 1.29 is 22.7 Å². The van der Waals surface area contributed by atoms with E-state index in [4.69, 9.17) is 11.6 Å². The van der Waals surface area contributed by atoms with Gasteiger partial charge >= 0.3 is 5.97 Å². The molecule has 9 heteroatoms. The number of ether oxygens (including phenoxy) is 1. The Morgan fingerprint density at radius 1 is 1.14 bits per heavy atom. The van der Waals surface area contributed by atoms with Gasteiger partial charge in [0.15, 0.2) is 0 Å². The zero-order chi connectivity index (χ0) is 21.2. The number of nitrogens with one attached hydrogen (secondary N) is 1. The Bertz CT molecular complexity index is 1030. The summed E-state index contributed by atoms with van der Waals surface area (Å²) in [6.07, 6.45) is 1.60. The molecule has 0 aromatic heterocycles. The Balaban J connectivity index is 1.75. The van der Waals surface area contributed by atoms with Gasteiger partial charge in [-0.15, -0.1) is 0 Å². The third-order valence-electron chi connectivity index (χ3n) is 4.51. The molecule has 2 aromatic carbocycles. The van der Waals surface area contributed by atoms with Crippen LogP contribution in [0.1, 0.15) is 39.1 Å². The van der Waals surface area contributed by atoms with E-state index in [0.717, 1.165) is 18.4 Å². The molecule has 0 heterocycles. The van der Waals surface area contributed by atoms with Crippen molar-refractivity contribution in [1.82, 2.24) is 9.62 Å². The Kier molecular flexibility index (Phi) is 6.26. The number of hydrogen-bond donors (Lipinski definition) is 1. The van der Waals surface area contributed by atoms with Crippen LogP contribution in [-0.4, -0.2) is 45.4 Å². The largest absolute Gasteiger partial charge is 0.465 e. The highest BCUT2D eigenvalue weighted by molar-refractivity contribution is 7.89. The number of esters is 1. The van der Waals surface area contributed by atoms with Crippen LogP contribution in [0.3, 0.4) is 0 Å². The zero-order valence-electron chi connectivity index (χ0n) is 16.0. The highest BCUT2D eigenvalue weighted by atomic mass is 35.5. The molecule has 0 atom stereocenters. The molecular weight excluding hydrogens is 416 g/mol. The van der Waals surface area contributed by atoms with Gasteiger partial charge in [0.2, 0.25) is 10.0 Å². The van der Waals surface area contributed by atoms with Crippen LogP contribution in [0.2, 0.25) is 5.02 Å². The van der Waals surface area contributed by atoms with Crippen molar-refractivity contribution in [1.29, 1.82) is 0 Å². The van der Waals surface area contributed by atoms with Crippen molar-refractivity contribution >= 4 is 33.5 Å². The highest BCUT2D eigenvalue weighted by Gasteiger charge is 2.30. The molecule has 0 saturated heterocycles. The number of carbonyl (C=O) groups excluding carboxylic acids is 2. The minimum Gasteiger partial charge on any atom is -0.465 e. The molecule has 1 aliphatic rings. The maximum Gasteiger partial charge on any atom is 0.337 e. The molecule has 1 saturated carbocycles. The summed E-state index contributed by atoms with van der Waals surface area (Å²) in [5.41, 5.74) is 1.45. The smallest absolute Gasteiger partial charge is 0.337 e. The number of halogens is 1. The van der Waals surface area contributed by atoms with Crippen LogP contribution < -0.4 is 4.72 Å². The van der Waals surface area contributed by atoms with Gasteiger partial charge < -0.3 is 9.64 Å². The molecule has 2 aromatic rings. The minimum absolute atomic E-state index is 0.0638. The normalized spacial score (nSPS) is 13.8. The number of carbonyl (C=O) groups is 2. The van der Waals surface area contributed by atoms with E-state index in [2.05, 4.69) is 9.46 Å². The Morgan fingerprint density at radius 3 is 2.34 bits per heavy atom. The SMILES string of the molecule is COC(=O)c1ccc(CN(C)C(=O)c2ccc(Cl)c(S(=O)(=O)NC3CC3)c2)cc1. The van der Waals surface area contributed by atoms with E-state index in [1.165, 1.54) is 30.2 Å². The monoisotopic (exact) mass is 436 g/mol. The van der Waals surface area contributed by atoms with Crippen LogP contribution in [0, 0.1) is 0 Å². The van der Waals surface area contributed by atoms with Gasteiger partial charge in [-0.05, 0) is 48.7 Å². The molecule has 29 heavy (non-hydrogen) atoms. The van der Waals surface area contributed by atoms with E-state index >= 15 is 0 Å². The fraction of sp³-hybridized carbons (Fsp3) is 0.300. The van der Waals surface area contributed by atoms with Gasteiger partial charge in [0.1, 0.15) is 4.90 Å². The van der Waals surface area contributed by atoms with Crippen LogP contribution in [0.25, 0.3) is 0 Å². The van der Waals surface area contributed by atoms with Crippen LogP contribution >= 0.6 is 11.6 Å². The summed E-state index contributed by atoms with van der Waals surface area (Å²) in [7, 11) is -0.858. The number of sulfonamides is 1. The van der Waals surface area contributed by atoms with Gasteiger partial charge in [-0.2, -0.15) is 0 Å². The third kappa shape index (κ3) is 5.14. The summed E-state index contributed by atoms with van der Waals surface area (Å²) in [4.78, 5) is 25.6. The molecule has 1 N–H and O–H groups in total. The fourth-order valence-electron chi connectivity index (χ4n) is 2.76. The number of nitrogens with zero attached hydrogens (tertiary/aromatic N) is 1. The maximum absolute atomic E-state index is 12.8. The predicted molar refractivity (Wildman–Crippen MR) is 108 cm³/mol. The average molecular weight is 437 g/mol. The summed E-state index contributed by atoms with van der Waals surface area (Å²) in [6, 6.07) is 10.8. The van der Waals surface area contributed by atoms with Crippen LogP contribution in [0.4, 0.5) is 0 Å². The van der Waals surface area contributed by atoms with Crippen molar-refractivity contribution in [2.45, 2.75) is 30.3 Å². The lowest BCUT2D eigenvalue weighted by Crippen LogP contribution is -2.28. The van der Waals surface area contributed by atoms with Gasteiger partial charge in [-0.3, -0.25) is 4.79 Å². The second-order valence-electron chi connectivity index (χ2n) is 6.89. The molecule has 1 amide bonds. The van der Waals surface area contributed by atoms with E-state index in [1.54, 1.807) is 31.3 Å². The standard InChI is InChI=1S/C20H21ClN2O5S/c1-23(12-13-3-5-14(6-4-13)20(25)28-2)19(24)15-7-10-17(21)18(11-15)29(26,27)22-16-8-9-16/h3-7,10-11,16,22H,8-9,12H2,1-2H3. The van der Waals surface area contributed by atoms with E-state index in [-0.39, 0.29) is 34.0 Å². The van der Waals surface area contributed by atoms with Crippen LogP contribution in [0.5, 0.6) is 0 Å². The van der Waals surface area contributed by atoms with Gasteiger partial charge in [-0.25, -0.2) is 17.9 Å². The number of rotatable bonds is 7. The fourth-order valence-corrected chi connectivity index (χ4v) is 4.59. The molecule has 154 valence electrons. The van der Waals surface area contributed by atoms with Crippen molar-refractivity contribution in [2.75, 3.05) is 14.2 Å². The molecular formula is C20H21ClN2O5S. The van der Waals surface area contributed by atoms with Crippen LogP contribution in [-0.2, 0) is 21.3 Å². The van der Waals surface area contributed by atoms with Crippen molar-refractivity contribution in [3.8, 4) is 0 Å². The quantitative estimate of drug-likeness (QED) is 0.673. The molecule has 1 fully saturated rings. The first kappa shape index (κ1) is 21.3. The lowest BCUT2D eigenvalue weighted by atomic mass is 10.1. The highest BCUT2D eigenvalue weighted by Crippen LogP contribution is 2.27. The first-order chi connectivity index (χ1) is 13.7. The van der Waals surface area contributed by atoms with Crippen molar-refractivity contribution in [3.63, 3.8) is 0 Å². The van der Waals surface area contributed by atoms with Gasteiger partial charge in [-0.1, -0.05) is 23.7 Å². The van der Waals surface area contributed by atoms with Gasteiger partial charge in [0.25, 0.3) is 5.91 Å². The average Bonchev–Trinajstić information content (AvgIpc) is 3.50. The summed E-state index contributed by atoms with van der Waals surface area (Å²) in [5, 5.41) is 0.0655. The topological polar surface area (TPSA) is 92.8 Å². The number of benzene rings is 2. The Hall–Kier alpha value is -2.42. The molecule has 0 aliphatic heterocycles. The van der Waals surface area contributed by atoms with E-state index < -0.39 is 16.0 Å². The number of hydrogen-bond acceptors (Lipinski definition) is 5. The Morgan fingerprint density at radius 2 is 1.76 bits per heavy atom. The zero-order valence-corrected chi connectivity index (χ0v) is 17.6. The van der Waals surface area contributed by atoms with Crippen molar-refractivity contribution in [2.24, 2.45) is 0 Å². The Labute approximate surface area is 174 Å². The van der Waals surface area contributed by atoms with Crippen molar-refractivity contribution in [3.05, 3.63) is 64.2 Å². The summed E-state index contributed by atoms with van der Waals surface area (Å²) in [5.74, 6) is -0.780. The summed E-state index contributed by atoms with van der Waals surface area (Å²) < 4.78 is 32.2. The lowest BCUT2D eigenvalue weighted by molar-refractivity contribution is 0.0600. The molecule has 0 unspecified atom stereocenters. The summed E-state index contributed by atoms with van der Waals surface area (Å²) >= 11 is 6.07. The molecule has 0 spiro atoms. The molecule has 0 bridgehead atoms. The number of amides is 1. The van der Waals surface area contributed by atoms with Gasteiger partial charge in [0.05, 0.1) is 17.7 Å². The second-order valence-corrected chi connectivity index (χ2v) is 8.98. The summed E-state index contributed by atoms with van der Waals surface area (Å²) in [6.45, 7) is 0.283. The van der Waals surface area contributed by atoms with E-state index in [1.807, 2.05) is 0 Å². The lowest BCUT2D eigenvalue weighted by Gasteiger charge is -2.18. The first-order valence-electron chi connectivity index (χ1n) is 8.96. The molecule has 0 radical (unpaired) electrons. The predicted octanol–water partition coefficient (Wildman–Crippen LogP) is 2.84. The van der Waals surface area contributed by atoms with Crippen LogP contribution in [0.15, 0.2) is 47.4 Å². The molecule has 7 nitrogen and oxygen atoms in total.